The molecule has 0 fully saturated rings. The van der Waals surface area contributed by atoms with Crippen LogP contribution in [0.4, 0.5) is 0 Å². The van der Waals surface area contributed by atoms with Gasteiger partial charge in [-0.2, -0.15) is 0 Å². The predicted octanol–water partition coefficient (Wildman–Crippen LogP) is 7.93. The summed E-state index contributed by atoms with van der Waals surface area (Å²) >= 11 is 0. The van der Waals surface area contributed by atoms with Crippen molar-refractivity contribution in [2.24, 2.45) is 5.41 Å². The zero-order valence-electron chi connectivity index (χ0n) is 22.9. The normalized spacial score (nSPS) is 19.4. The van der Waals surface area contributed by atoms with Crippen molar-refractivity contribution in [2.75, 3.05) is 7.11 Å². The zero-order chi connectivity index (χ0) is 26.2. The van der Waals surface area contributed by atoms with Gasteiger partial charge in [-0.15, -0.1) is 0 Å². The molecule has 0 saturated carbocycles. The first-order valence-electron chi connectivity index (χ1n) is 12.3. The highest BCUT2D eigenvalue weighted by Gasteiger charge is 2.32. The first kappa shape index (κ1) is 28.2. The summed E-state index contributed by atoms with van der Waals surface area (Å²) in [6.45, 7) is 16.3. The van der Waals surface area contributed by atoms with Gasteiger partial charge in [-0.3, -0.25) is 0 Å². The van der Waals surface area contributed by atoms with Crippen molar-refractivity contribution in [1.29, 1.82) is 0 Å². The predicted molar refractivity (Wildman–Crippen MR) is 145 cm³/mol. The summed E-state index contributed by atoms with van der Waals surface area (Å²) in [5.74, 6) is 1.35. The Morgan fingerprint density at radius 3 is 2.26 bits per heavy atom. The average Bonchev–Trinajstić information content (AvgIpc) is 2.74. The Labute approximate surface area is 212 Å². The van der Waals surface area contributed by atoms with Gasteiger partial charge in [0.15, 0.2) is 0 Å². The summed E-state index contributed by atoms with van der Waals surface area (Å²) in [4.78, 5) is 11.9. The fourth-order valence-corrected chi connectivity index (χ4v) is 4.06. The van der Waals surface area contributed by atoms with E-state index in [1.54, 1.807) is 7.11 Å². The van der Waals surface area contributed by atoms with Crippen molar-refractivity contribution in [3.8, 4) is 11.5 Å². The molecule has 35 heavy (non-hydrogen) atoms. The Morgan fingerprint density at radius 1 is 1.03 bits per heavy atom. The van der Waals surface area contributed by atoms with Gasteiger partial charge in [0.2, 0.25) is 0 Å². The molecule has 0 N–H and O–H groups in total. The summed E-state index contributed by atoms with van der Waals surface area (Å²) in [6, 6.07) is 7.77. The lowest BCUT2D eigenvalue weighted by Gasteiger charge is -2.37. The smallest absolute Gasteiger partial charge is 0.331 e. The standard InChI is InChI=1S/C31H42O4/c1-22(11-10-12-23(2)21-29(32)35-30(4,5)6)13-18-27-24(3)28(19-20-31(27,7)8)34-26-16-14-25(33-9)15-17-26/h10-18,21,28H,19-20H2,1-9H3. The number of hydrogen-bond acceptors (Lipinski definition) is 4. The van der Waals surface area contributed by atoms with E-state index in [0.29, 0.717) is 0 Å². The van der Waals surface area contributed by atoms with Crippen LogP contribution in [0.1, 0.15) is 68.2 Å². The fourth-order valence-electron chi connectivity index (χ4n) is 4.06. The lowest BCUT2D eigenvalue weighted by atomic mass is 9.71. The number of carbonyl (C=O) groups excluding carboxylic acids is 1. The molecule has 1 aliphatic rings. The quantitative estimate of drug-likeness (QED) is 0.216. The van der Waals surface area contributed by atoms with Gasteiger partial charge in [-0.05, 0) is 101 Å². The molecular weight excluding hydrogens is 436 g/mol. The maximum absolute atomic E-state index is 11.9. The number of rotatable bonds is 8. The first-order valence-corrected chi connectivity index (χ1v) is 12.3. The summed E-state index contributed by atoms with van der Waals surface area (Å²) in [6.07, 6.45) is 13.9. The Bertz CT molecular complexity index is 1020. The third kappa shape index (κ3) is 9.28. The minimum atomic E-state index is -0.489. The summed E-state index contributed by atoms with van der Waals surface area (Å²) in [5.41, 5.74) is 4.16. The molecule has 4 heteroatoms. The molecule has 0 heterocycles. The van der Waals surface area contributed by atoms with Crippen molar-refractivity contribution in [3.05, 3.63) is 83.0 Å². The van der Waals surface area contributed by atoms with Crippen LogP contribution in [0.5, 0.6) is 11.5 Å². The zero-order valence-corrected chi connectivity index (χ0v) is 22.9. The van der Waals surface area contributed by atoms with Crippen LogP contribution in [0.15, 0.2) is 83.0 Å². The minimum absolute atomic E-state index is 0.0564. The van der Waals surface area contributed by atoms with Gasteiger partial charge in [0.1, 0.15) is 23.2 Å². The topological polar surface area (TPSA) is 44.8 Å². The Balaban J connectivity index is 2.12. The Morgan fingerprint density at radius 2 is 1.66 bits per heavy atom. The molecule has 1 atom stereocenters. The molecule has 1 aromatic carbocycles. The van der Waals surface area contributed by atoms with Crippen LogP contribution < -0.4 is 9.47 Å². The number of esters is 1. The van der Waals surface area contributed by atoms with E-state index in [-0.39, 0.29) is 17.5 Å². The van der Waals surface area contributed by atoms with Crippen molar-refractivity contribution < 1.29 is 19.0 Å². The van der Waals surface area contributed by atoms with E-state index in [0.717, 1.165) is 35.5 Å². The van der Waals surface area contributed by atoms with Crippen LogP contribution in [-0.2, 0) is 9.53 Å². The second-order valence-corrected chi connectivity index (χ2v) is 10.8. The number of benzene rings is 1. The lowest BCUT2D eigenvalue weighted by Crippen LogP contribution is -2.30. The number of carbonyl (C=O) groups is 1. The average molecular weight is 479 g/mol. The molecule has 190 valence electrons. The monoisotopic (exact) mass is 478 g/mol. The van der Waals surface area contributed by atoms with Gasteiger partial charge in [-0.25, -0.2) is 4.79 Å². The molecule has 0 saturated heterocycles. The van der Waals surface area contributed by atoms with Crippen LogP contribution in [0.2, 0.25) is 0 Å². The molecular formula is C31H42O4. The maximum Gasteiger partial charge on any atom is 0.331 e. The molecule has 0 bridgehead atoms. The van der Waals surface area contributed by atoms with Gasteiger partial charge in [-0.1, -0.05) is 49.8 Å². The van der Waals surface area contributed by atoms with Crippen LogP contribution in [-0.4, -0.2) is 24.8 Å². The molecule has 0 aromatic heterocycles. The number of methoxy groups -OCH3 is 1. The molecule has 2 rings (SSSR count). The first-order chi connectivity index (χ1) is 16.3. The van der Waals surface area contributed by atoms with E-state index in [1.807, 2.05) is 70.2 Å². The fraction of sp³-hybridized carbons (Fsp3) is 0.452. The van der Waals surface area contributed by atoms with E-state index in [4.69, 9.17) is 14.2 Å². The largest absolute Gasteiger partial charge is 0.497 e. The number of allylic oxidation sites excluding steroid dienone is 8. The number of hydrogen-bond donors (Lipinski definition) is 0. The van der Waals surface area contributed by atoms with E-state index in [2.05, 4.69) is 39.8 Å². The van der Waals surface area contributed by atoms with Gasteiger partial charge >= 0.3 is 5.97 Å². The van der Waals surface area contributed by atoms with E-state index < -0.39 is 5.60 Å². The lowest BCUT2D eigenvalue weighted by molar-refractivity contribution is -0.148. The number of ether oxygens (including phenoxy) is 3. The van der Waals surface area contributed by atoms with Crippen molar-refractivity contribution >= 4 is 5.97 Å². The Hall–Kier alpha value is -3.01. The molecule has 1 aliphatic carbocycles. The van der Waals surface area contributed by atoms with Crippen LogP contribution >= 0.6 is 0 Å². The van der Waals surface area contributed by atoms with Gasteiger partial charge in [0.25, 0.3) is 0 Å². The van der Waals surface area contributed by atoms with Gasteiger partial charge in [0.05, 0.1) is 7.11 Å². The molecule has 4 nitrogen and oxygen atoms in total. The van der Waals surface area contributed by atoms with Crippen molar-refractivity contribution in [1.82, 2.24) is 0 Å². The molecule has 0 spiro atoms. The van der Waals surface area contributed by atoms with Crippen LogP contribution in [0.3, 0.4) is 0 Å². The highest BCUT2D eigenvalue weighted by Crippen LogP contribution is 2.42. The van der Waals surface area contributed by atoms with Gasteiger partial charge in [0, 0.05) is 6.08 Å². The van der Waals surface area contributed by atoms with E-state index >= 15 is 0 Å². The summed E-state index contributed by atoms with van der Waals surface area (Å²) < 4.78 is 16.9. The second-order valence-electron chi connectivity index (χ2n) is 10.8. The molecule has 1 unspecified atom stereocenters. The molecule has 1 aromatic rings. The third-order valence-electron chi connectivity index (χ3n) is 5.99. The minimum Gasteiger partial charge on any atom is -0.497 e. The summed E-state index contributed by atoms with van der Waals surface area (Å²) in [5, 5.41) is 0. The third-order valence-corrected chi connectivity index (χ3v) is 5.99. The molecule has 0 aliphatic heterocycles. The highest BCUT2D eigenvalue weighted by molar-refractivity contribution is 5.83. The van der Waals surface area contributed by atoms with Crippen LogP contribution in [0, 0.1) is 5.41 Å². The van der Waals surface area contributed by atoms with Crippen molar-refractivity contribution in [2.45, 2.75) is 79.9 Å². The molecule has 0 amide bonds. The Kier molecular flexibility index (Phi) is 9.76. The van der Waals surface area contributed by atoms with Crippen LogP contribution in [0.25, 0.3) is 0 Å². The summed E-state index contributed by atoms with van der Waals surface area (Å²) in [7, 11) is 1.67. The van der Waals surface area contributed by atoms with Gasteiger partial charge < -0.3 is 14.2 Å². The van der Waals surface area contributed by atoms with E-state index in [1.165, 1.54) is 17.2 Å². The molecule has 0 radical (unpaired) electrons. The van der Waals surface area contributed by atoms with E-state index in [9.17, 15) is 4.79 Å². The van der Waals surface area contributed by atoms with Crippen molar-refractivity contribution in [3.63, 3.8) is 0 Å². The maximum atomic E-state index is 11.9. The highest BCUT2D eigenvalue weighted by atomic mass is 16.6. The second kappa shape index (κ2) is 12.1. The SMILES string of the molecule is COc1ccc(OC2CCC(C)(C)C(C=CC(C)=CC=CC(C)=CC(=O)OC(C)(C)C)=C2C)cc1.